The molecule has 1 aliphatic heterocycles. The first kappa shape index (κ1) is 24.5. The second-order valence-corrected chi connectivity index (χ2v) is 15.0. The van der Waals surface area contributed by atoms with E-state index in [0.717, 1.165) is 6.61 Å². The van der Waals surface area contributed by atoms with Crippen LogP contribution in [0.4, 0.5) is 0 Å². The highest BCUT2D eigenvalue weighted by Crippen LogP contribution is 2.42. The zero-order valence-corrected chi connectivity index (χ0v) is 21.2. The highest BCUT2D eigenvalue weighted by molar-refractivity contribution is 6.73. The fraction of sp³-hybridized carbons (Fsp3) is 0.920. The van der Waals surface area contributed by atoms with Crippen molar-refractivity contribution in [2.45, 2.75) is 128 Å². The molecule has 3 rings (SSSR count). The third-order valence-corrected chi connectivity index (χ3v) is 13.1. The minimum absolute atomic E-state index is 0.0781. The van der Waals surface area contributed by atoms with E-state index in [9.17, 15) is 0 Å². The molecule has 0 aromatic heterocycles. The second kappa shape index (κ2) is 12.2. The Hall–Kier alpha value is -0.0982. The largest absolute Gasteiger partial charge is 0.464 e. The molecule has 0 aromatic carbocycles. The quantitative estimate of drug-likeness (QED) is 0.265. The summed E-state index contributed by atoms with van der Waals surface area (Å²) >= 11 is 0. The zero-order valence-electron chi connectivity index (χ0n) is 20.2. The van der Waals surface area contributed by atoms with Crippen LogP contribution in [0.25, 0.3) is 0 Å². The minimum Gasteiger partial charge on any atom is -0.413 e. The molecule has 0 bridgehead atoms. The van der Waals surface area contributed by atoms with Gasteiger partial charge in [-0.1, -0.05) is 78.4 Å². The molecule has 2 saturated carbocycles. The van der Waals surface area contributed by atoms with Gasteiger partial charge in [-0.05, 0) is 55.7 Å². The van der Waals surface area contributed by atoms with Gasteiger partial charge in [-0.3, -0.25) is 0 Å². The summed E-state index contributed by atoms with van der Waals surface area (Å²) in [6.45, 7) is 9.89. The molecular weight excluding hydrogens is 387 g/mol. The van der Waals surface area contributed by atoms with E-state index in [1.54, 1.807) is 0 Å². The SMILES string of the molecule is CC[Si](CC)(CC)OC/C=C/[C@@H](C)B1O[C@H](C2CCCCC2)[C@@H](C2CCCCC2)O1. The highest BCUT2D eigenvalue weighted by Gasteiger charge is 2.48. The molecule has 1 saturated heterocycles. The van der Waals surface area contributed by atoms with Crippen LogP contribution in [0.2, 0.25) is 23.9 Å². The second-order valence-electron chi connectivity index (χ2n) is 10.2. The molecule has 0 amide bonds. The maximum Gasteiger partial charge on any atom is 0.464 e. The first-order chi connectivity index (χ1) is 14.6. The maximum atomic E-state index is 6.68. The Morgan fingerprint density at radius 3 is 1.73 bits per heavy atom. The molecule has 0 aromatic rings. The average Bonchev–Trinajstić information content (AvgIpc) is 3.26. The van der Waals surface area contributed by atoms with E-state index >= 15 is 0 Å². The summed E-state index contributed by atoms with van der Waals surface area (Å²) in [6, 6.07) is 3.64. The van der Waals surface area contributed by atoms with E-state index in [-0.39, 0.29) is 12.9 Å². The lowest BCUT2D eigenvalue weighted by Crippen LogP contribution is -2.38. The predicted octanol–water partition coefficient (Wildman–Crippen LogP) is 7.39. The Morgan fingerprint density at radius 1 is 0.833 bits per heavy atom. The molecule has 3 aliphatic rings. The van der Waals surface area contributed by atoms with Crippen LogP contribution in [-0.4, -0.2) is 34.3 Å². The van der Waals surface area contributed by atoms with Crippen LogP contribution in [0.1, 0.15) is 91.9 Å². The van der Waals surface area contributed by atoms with Crippen LogP contribution in [0.5, 0.6) is 0 Å². The van der Waals surface area contributed by atoms with Crippen LogP contribution in [0, 0.1) is 11.8 Å². The fourth-order valence-corrected chi connectivity index (χ4v) is 8.63. The van der Waals surface area contributed by atoms with Gasteiger partial charge in [0.05, 0.1) is 18.8 Å². The van der Waals surface area contributed by atoms with Crippen molar-refractivity contribution in [2.75, 3.05) is 6.61 Å². The molecule has 5 heteroatoms. The molecule has 3 fully saturated rings. The van der Waals surface area contributed by atoms with Gasteiger partial charge in [-0.2, -0.15) is 0 Å². The molecule has 3 atom stereocenters. The minimum atomic E-state index is -1.50. The van der Waals surface area contributed by atoms with E-state index in [1.165, 1.54) is 82.3 Å². The average molecular weight is 435 g/mol. The van der Waals surface area contributed by atoms with Crippen molar-refractivity contribution in [1.82, 2.24) is 0 Å². The summed E-state index contributed by atoms with van der Waals surface area (Å²) in [5.74, 6) is 1.70. The lowest BCUT2D eigenvalue weighted by Gasteiger charge is -2.35. The molecule has 30 heavy (non-hydrogen) atoms. The van der Waals surface area contributed by atoms with Crippen molar-refractivity contribution in [1.29, 1.82) is 0 Å². The Labute approximate surface area is 188 Å². The fourth-order valence-electron chi connectivity index (χ4n) is 6.07. The van der Waals surface area contributed by atoms with Crippen LogP contribution in [0.3, 0.4) is 0 Å². The van der Waals surface area contributed by atoms with E-state index < -0.39 is 8.32 Å². The van der Waals surface area contributed by atoms with Crippen molar-refractivity contribution < 1.29 is 13.7 Å². The Balaban J connectivity index is 1.57. The Bertz CT molecular complexity index is 478. The normalized spacial score (nSPS) is 28.5. The summed E-state index contributed by atoms with van der Waals surface area (Å²) in [6.07, 6.45) is 18.8. The summed E-state index contributed by atoms with van der Waals surface area (Å²) in [5, 5.41) is 0. The topological polar surface area (TPSA) is 27.7 Å². The number of allylic oxidation sites excluding steroid dienone is 1. The molecular formula is C25H47BO3Si. The lowest BCUT2D eigenvalue weighted by atomic mass is 9.73. The van der Waals surface area contributed by atoms with Crippen molar-refractivity contribution in [3.05, 3.63) is 12.2 Å². The van der Waals surface area contributed by atoms with Crippen molar-refractivity contribution in [3.8, 4) is 0 Å². The van der Waals surface area contributed by atoms with Crippen LogP contribution in [-0.2, 0) is 13.7 Å². The predicted molar refractivity (Wildman–Crippen MR) is 130 cm³/mol. The van der Waals surface area contributed by atoms with Gasteiger partial charge in [0.25, 0.3) is 0 Å². The van der Waals surface area contributed by atoms with Crippen LogP contribution >= 0.6 is 0 Å². The van der Waals surface area contributed by atoms with Gasteiger partial charge < -0.3 is 13.7 Å². The van der Waals surface area contributed by atoms with Gasteiger partial charge >= 0.3 is 7.12 Å². The van der Waals surface area contributed by atoms with Crippen molar-refractivity contribution in [3.63, 3.8) is 0 Å². The highest BCUT2D eigenvalue weighted by atomic mass is 28.4. The monoisotopic (exact) mass is 434 g/mol. The molecule has 1 heterocycles. The Kier molecular flexibility index (Phi) is 10.0. The third kappa shape index (κ3) is 6.24. The summed E-state index contributed by atoms with van der Waals surface area (Å²) in [4.78, 5) is 0. The molecule has 172 valence electrons. The van der Waals surface area contributed by atoms with Gasteiger partial charge in [-0.15, -0.1) is 0 Å². The van der Waals surface area contributed by atoms with Crippen LogP contribution < -0.4 is 0 Å². The van der Waals surface area contributed by atoms with Crippen molar-refractivity contribution in [2.24, 2.45) is 11.8 Å². The maximum absolute atomic E-state index is 6.68. The molecule has 2 aliphatic carbocycles. The van der Waals surface area contributed by atoms with Gasteiger partial charge in [-0.25, -0.2) is 0 Å². The summed E-state index contributed by atoms with van der Waals surface area (Å²) < 4.78 is 19.8. The van der Waals surface area contributed by atoms with Crippen LogP contribution in [0.15, 0.2) is 12.2 Å². The van der Waals surface area contributed by atoms with Gasteiger partial charge in [0.15, 0.2) is 8.32 Å². The van der Waals surface area contributed by atoms with Gasteiger partial charge in [0.1, 0.15) is 0 Å². The van der Waals surface area contributed by atoms with Gasteiger partial charge in [0, 0.05) is 5.82 Å². The molecule has 3 nitrogen and oxygen atoms in total. The first-order valence-electron chi connectivity index (χ1n) is 13.2. The lowest BCUT2D eigenvalue weighted by molar-refractivity contribution is 0.0324. The smallest absolute Gasteiger partial charge is 0.413 e. The summed E-state index contributed by atoms with van der Waals surface area (Å²) in [5.41, 5.74) is 0. The first-order valence-corrected chi connectivity index (χ1v) is 15.8. The number of hydrogen-bond acceptors (Lipinski definition) is 3. The molecule has 0 radical (unpaired) electrons. The zero-order chi connectivity index (χ0) is 21.4. The van der Waals surface area contributed by atoms with Gasteiger partial charge in [0.2, 0.25) is 0 Å². The summed E-state index contributed by atoms with van der Waals surface area (Å²) in [7, 11) is -1.58. The number of rotatable bonds is 10. The molecule has 0 unspecified atom stereocenters. The number of hydrogen-bond donors (Lipinski definition) is 0. The van der Waals surface area contributed by atoms with E-state index in [0.29, 0.717) is 24.0 Å². The van der Waals surface area contributed by atoms with E-state index in [4.69, 9.17) is 13.7 Å². The molecule has 0 spiro atoms. The van der Waals surface area contributed by atoms with E-state index in [2.05, 4.69) is 39.8 Å². The molecule has 0 N–H and O–H groups in total. The standard InChI is InChI=1S/C25H47BO3Si/c1-5-30(6-2,7-3)27-20-14-15-21(4)26-28-24(22-16-10-8-11-17-22)25(29-26)23-18-12-9-13-19-23/h14-15,21-25H,5-13,16-20H2,1-4H3/b15-14+/t21-,24-,25-/m1/s1. The van der Waals surface area contributed by atoms with E-state index in [1.807, 2.05) is 0 Å². The Morgan fingerprint density at radius 2 is 1.30 bits per heavy atom. The third-order valence-electron chi connectivity index (χ3n) is 8.42. The van der Waals surface area contributed by atoms with Crippen molar-refractivity contribution >= 4 is 15.4 Å².